The Balaban J connectivity index is 2.03. The lowest BCUT2D eigenvalue weighted by atomic mass is 10.2. The molecule has 150 valence electrons. The van der Waals surface area contributed by atoms with Crippen LogP contribution in [0.25, 0.3) is 0 Å². The number of hydrogen-bond acceptors (Lipinski definition) is 5. The zero-order chi connectivity index (χ0) is 20.7. The normalized spacial score (nSPS) is 11.0. The first kappa shape index (κ1) is 21.4. The van der Waals surface area contributed by atoms with E-state index in [-0.39, 0.29) is 23.0 Å². The van der Waals surface area contributed by atoms with Gasteiger partial charge in [0.2, 0.25) is 0 Å². The third-order valence-corrected chi connectivity index (χ3v) is 5.44. The van der Waals surface area contributed by atoms with Crippen LogP contribution in [-0.2, 0) is 19.6 Å². The van der Waals surface area contributed by atoms with Gasteiger partial charge in [-0.25, -0.2) is 13.2 Å². The molecule has 0 radical (unpaired) electrons. The Kier molecular flexibility index (Phi) is 7.17. The smallest absolute Gasteiger partial charge is 0.338 e. The summed E-state index contributed by atoms with van der Waals surface area (Å²) in [5, 5.41) is 2.61. The predicted octanol–water partition coefficient (Wildman–Crippen LogP) is 2.79. The lowest BCUT2D eigenvalue weighted by Crippen LogP contribution is -2.29. The maximum absolute atomic E-state index is 12.6. The third kappa shape index (κ3) is 5.82. The van der Waals surface area contributed by atoms with Gasteiger partial charge in [-0.3, -0.25) is 9.52 Å². The second-order valence-corrected chi connectivity index (χ2v) is 8.03. The number of benzene rings is 2. The highest BCUT2D eigenvalue weighted by Crippen LogP contribution is 2.21. The van der Waals surface area contributed by atoms with Crippen LogP contribution in [0.4, 0.5) is 5.69 Å². The summed E-state index contributed by atoms with van der Waals surface area (Å²) in [7, 11) is -3.75. The summed E-state index contributed by atoms with van der Waals surface area (Å²) in [6.07, 6.45) is 0.791. The van der Waals surface area contributed by atoms with Gasteiger partial charge in [-0.1, -0.05) is 19.1 Å². The number of anilines is 1. The van der Waals surface area contributed by atoms with E-state index in [2.05, 4.69) is 10.0 Å². The monoisotopic (exact) mass is 404 g/mol. The molecule has 2 rings (SSSR count). The largest absolute Gasteiger partial charge is 0.452 e. The Morgan fingerprint density at radius 2 is 1.71 bits per heavy atom. The van der Waals surface area contributed by atoms with Crippen LogP contribution in [-0.4, -0.2) is 33.4 Å². The van der Waals surface area contributed by atoms with Crippen LogP contribution in [0, 0.1) is 13.8 Å². The molecule has 0 aliphatic carbocycles. The van der Waals surface area contributed by atoms with Crippen LogP contribution in [0.15, 0.2) is 47.4 Å². The highest BCUT2D eigenvalue weighted by atomic mass is 32.2. The summed E-state index contributed by atoms with van der Waals surface area (Å²) >= 11 is 0. The molecule has 0 fully saturated rings. The summed E-state index contributed by atoms with van der Waals surface area (Å²) in [5.74, 6) is -1.02. The van der Waals surface area contributed by atoms with Gasteiger partial charge in [0, 0.05) is 12.2 Å². The number of amides is 1. The first-order valence-corrected chi connectivity index (χ1v) is 10.3. The van der Waals surface area contributed by atoms with Crippen molar-refractivity contribution >= 4 is 27.6 Å². The van der Waals surface area contributed by atoms with Crippen molar-refractivity contribution in [2.45, 2.75) is 32.1 Å². The van der Waals surface area contributed by atoms with Gasteiger partial charge in [-0.15, -0.1) is 0 Å². The molecule has 2 N–H and O–H groups in total. The number of nitrogens with one attached hydrogen (secondary N) is 2. The van der Waals surface area contributed by atoms with Gasteiger partial charge in [-0.2, -0.15) is 0 Å². The van der Waals surface area contributed by atoms with E-state index in [4.69, 9.17) is 4.74 Å². The van der Waals surface area contributed by atoms with Gasteiger partial charge >= 0.3 is 5.97 Å². The number of rotatable bonds is 8. The Bertz CT molecular complexity index is 953. The Hall–Kier alpha value is -2.87. The van der Waals surface area contributed by atoms with E-state index >= 15 is 0 Å². The minimum atomic E-state index is -3.75. The minimum Gasteiger partial charge on any atom is -0.452 e. The van der Waals surface area contributed by atoms with E-state index in [1.807, 2.05) is 19.9 Å². The molecule has 0 heterocycles. The number of ether oxygens (including phenoxy) is 1. The molecule has 2 aromatic carbocycles. The van der Waals surface area contributed by atoms with E-state index in [1.165, 1.54) is 24.3 Å². The molecule has 0 atom stereocenters. The molecule has 0 saturated heterocycles. The highest BCUT2D eigenvalue weighted by molar-refractivity contribution is 7.92. The van der Waals surface area contributed by atoms with E-state index in [0.717, 1.165) is 12.0 Å². The maximum Gasteiger partial charge on any atom is 0.338 e. The second-order valence-electron chi connectivity index (χ2n) is 6.38. The summed E-state index contributed by atoms with van der Waals surface area (Å²) < 4.78 is 32.7. The van der Waals surface area contributed by atoms with Crippen molar-refractivity contribution in [1.82, 2.24) is 5.32 Å². The zero-order valence-corrected chi connectivity index (χ0v) is 16.9. The first-order chi connectivity index (χ1) is 13.2. The van der Waals surface area contributed by atoms with Crippen LogP contribution in [0.3, 0.4) is 0 Å². The number of sulfonamides is 1. The molecule has 28 heavy (non-hydrogen) atoms. The van der Waals surface area contributed by atoms with E-state index in [1.54, 1.807) is 19.1 Å². The molecule has 0 saturated carbocycles. The van der Waals surface area contributed by atoms with Gasteiger partial charge in [0.05, 0.1) is 10.5 Å². The van der Waals surface area contributed by atoms with Gasteiger partial charge in [0.25, 0.3) is 15.9 Å². The predicted molar refractivity (Wildman–Crippen MR) is 107 cm³/mol. The van der Waals surface area contributed by atoms with Crippen molar-refractivity contribution in [2.24, 2.45) is 0 Å². The molecule has 2 aromatic rings. The molecule has 7 nitrogen and oxygen atoms in total. The van der Waals surface area contributed by atoms with E-state index in [0.29, 0.717) is 17.8 Å². The number of hydrogen-bond donors (Lipinski definition) is 2. The number of carbonyl (C=O) groups excluding carboxylic acids is 2. The fourth-order valence-corrected chi connectivity index (χ4v) is 3.80. The average molecular weight is 404 g/mol. The van der Waals surface area contributed by atoms with Crippen molar-refractivity contribution < 1.29 is 22.7 Å². The summed E-state index contributed by atoms with van der Waals surface area (Å²) in [5.41, 5.74) is 2.02. The van der Waals surface area contributed by atoms with Crippen LogP contribution in [0.2, 0.25) is 0 Å². The molecular formula is C20H24N2O5S. The molecule has 0 unspecified atom stereocenters. The lowest BCUT2D eigenvalue weighted by Gasteiger charge is -2.11. The molecule has 8 heteroatoms. The van der Waals surface area contributed by atoms with E-state index < -0.39 is 16.0 Å². The van der Waals surface area contributed by atoms with Crippen molar-refractivity contribution in [2.75, 3.05) is 17.9 Å². The van der Waals surface area contributed by atoms with Crippen molar-refractivity contribution in [3.63, 3.8) is 0 Å². The number of esters is 1. The Morgan fingerprint density at radius 1 is 1.04 bits per heavy atom. The van der Waals surface area contributed by atoms with Gasteiger partial charge in [0.15, 0.2) is 6.61 Å². The molecule has 1 amide bonds. The van der Waals surface area contributed by atoms with Crippen molar-refractivity contribution in [3.05, 3.63) is 59.2 Å². The molecule has 0 aliphatic heterocycles. The van der Waals surface area contributed by atoms with Crippen LogP contribution in [0.5, 0.6) is 0 Å². The highest BCUT2D eigenvalue weighted by Gasteiger charge is 2.17. The minimum absolute atomic E-state index is 0.203. The fourth-order valence-electron chi connectivity index (χ4n) is 2.41. The first-order valence-electron chi connectivity index (χ1n) is 8.87. The molecule has 0 aliphatic rings. The standard InChI is InChI=1S/C20H24N2O5S/c1-4-11-21-19(23)13-27-20(24)16-7-9-17(10-8-16)22-28(25,26)18-12-14(2)5-6-15(18)3/h5-10,12,22H,4,11,13H2,1-3H3,(H,21,23). The third-order valence-electron chi connectivity index (χ3n) is 3.91. The zero-order valence-electron chi connectivity index (χ0n) is 16.1. The number of aryl methyl sites for hydroxylation is 2. The summed E-state index contributed by atoms with van der Waals surface area (Å²) in [6, 6.07) is 11.0. The van der Waals surface area contributed by atoms with Crippen LogP contribution < -0.4 is 10.0 Å². The van der Waals surface area contributed by atoms with E-state index in [9.17, 15) is 18.0 Å². The summed E-state index contributed by atoms with van der Waals surface area (Å²) in [6.45, 7) is 5.62. The van der Waals surface area contributed by atoms with Crippen LogP contribution >= 0.6 is 0 Å². The Morgan fingerprint density at radius 3 is 2.36 bits per heavy atom. The maximum atomic E-state index is 12.6. The topological polar surface area (TPSA) is 102 Å². The Labute approximate surface area is 165 Å². The lowest BCUT2D eigenvalue weighted by molar-refractivity contribution is -0.124. The van der Waals surface area contributed by atoms with Gasteiger partial charge in [0.1, 0.15) is 0 Å². The van der Waals surface area contributed by atoms with Crippen molar-refractivity contribution in [1.29, 1.82) is 0 Å². The van der Waals surface area contributed by atoms with Crippen LogP contribution in [0.1, 0.15) is 34.8 Å². The molecule has 0 aromatic heterocycles. The second kappa shape index (κ2) is 9.36. The number of carbonyl (C=O) groups is 2. The summed E-state index contributed by atoms with van der Waals surface area (Å²) in [4.78, 5) is 23.7. The quantitative estimate of drug-likeness (QED) is 0.659. The molecule has 0 spiro atoms. The SMILES string of the molecule is CCCNC(=O)COC(=O)c1ccc(NS(=O)(=O)c2cc(C)ccc2C)cc1. The fraction of sp³-hybridized carbons (Fsp3) is 0.300. The molecule has 0 bridgehead atoms. The molecular weight excluding hydrogens is 380 g/mol. The van der Waals surface area contributed by atoms with Crippen molar-refractivity contribution in [3.8, 4) is 0 Å². The van der Waals surface area contributed by atoms with Gasteiger partial charge < -0.3 is 10.1 Å². The average Bonchev–Trinajstić information content (AvgIpc) is 2.66. The van der Waals surface area contributed by atoms with Gasteiger partial charge in [-0.05, 0) is 61.7 Å².